The molecule has 2 rings (SSSR count). The van der Waals surface area contributed by atoms with Crippen LogP contribution in [0.15, 0.2) is 41.2 Å². The molecule has 0 saturated heterocycles. The van der Waals surface area contributed by atoms with E-state index in [1.807, 2.05) is 0 Å². The third-order valence-electron chi connectivity index (χ3n) is 2.35. The van der Waals surface area contributed by atoms with Crippen LogP contribution in [0.3, 0.4) is 0 Å². The molecule has 0 aliphatic carbocycles. The summed E-state index contributed by atoms with van der Waals surface area (Å²) >= 11 is 0. The molecule has 1 heterocycles. The Balaban J connectivity index is 2.31. The van der Waals surface area contributed by atoms with Gasteiger partial charge in [-0.2, -0.15) is 0 Å². The van der Waals surface area contributed by atoms with Gasteiger partial charge in [-0.05, 0) is 23.8 Å². The Labute approximate surface area is 92.1 Å². The zero-order valence-electron chi connectivity index (χ0n) is 8.68. The van der Waals surface area contributed by atoms with Crippen molar-refractivity contribution < 1.29 is 18.7 Å². The molecule has 1 atom stereocenters. The largest absolute Gasteiger partial charge is 0.494 e. The Kier molecular flexibility index (Phi) is 2.92. The molecule has 1 aromatic carbocycles. The maximum Gasteiger partial charge on any atom is 0.165 e. The molecule has 1 aromatic heterocycles. The zero-order chi connectivity index (χ0) is 11.5. The molecular weight excluding hydrogens is 211 g/mol. The molecule has 4 heteroatoms. The lowest BCUT2D eigenvalue weighted by atomic mass is 10.0. The molecule has 0 aliphatic rings. The number of hydrogen-bond acceptors (Lipinski definition) is 3. The number of rotatable bonds is 3. The normalized spacial score (nSPS) is 12.4. The van der Waals surface area contributed by atoms with Crippen molar-refractivity contribution in [3.05, 3.63) is 53.7 Å². The molecule has 2 aromatic rings. The van der Waals surface area contributed by atoms with Crippen LogP contribution in [-0.2, 0) is 0 Å². The summed E-state index contributed by atoms with van der Waals surface area (Å²) in [6.07, 6.45) is 1.99. The highest BCUT2D eigenvalue weighted by molar-refractivity contribution is 5.34. The standard InChI is InChI=1S/C12H11FO3/c1-15-11-3-2-8(6-10(11)13)12(14)9-4-5-16-7-9/h2-7,12,14H,1H3/t12-/m0/s1. The average molecular weight is 222 g/mol. The molecule has 0 spiro atoms. The summed E-state index contributed by atoms with van der Waals surface area (Å²) in [4.78, 5) is 0. The second kappa shape index (κ2) is 4.37. The molecule has 16 heavy (non-hydrogen) atoms. The monoisotopic (exact) mass is 222 g/mol. The Morgan fingerprint density at radius 3 is 2.69 bits per heavy atom. The predicted octanol–water partition coefficient (Wildman–Crippen LogP) is 2.51. The molecule has 0 fully saturated rings. The van der Waals surface area contributed by atoms with Crippen molar-refractivity contribution in [2.75, 3.05) is 7.11 Å². The van der Waals surface area contributed by atoms with Crippen LogP contribution >= 0.6 is 0 Å². The first kappa shape index (κ1) is 10.7. The van der Waals surface area contributed by atoms with Gasteiger partial charge in [-0.25, -0.2) is 4.39 Å². The van der Waals surface area contributed by atoms with E-state index in [-0.39, 0.29) is 5.75 Å². The molecule has 0 unspecified atom stereocenters. The quantitative estimate of drug-likeness (QED) is 0.867. The molecule has 0 amide bonds. The fourth-order valence-electron chi connectivity index (χ4n) is 1.48. The lowest BCUT2D eigenvalue weighted by Crippen LogP contribution is -1.99. The number of hydrogen-bond donors (Lipinski definition) is 1. The molecule has 84 valence electrons. The third kappa shape index (κ3) is 1.92. The van der Waals surface area contributed by atoms with Crippen molar-refractivity contribution in [2.24, 2.45) is 0 Å². The molecule has 0 radical (unpaired) electrons. The van der Waals surface area contributed by atoms with Gasteiger partial charge in [0.15, 0.2) is 11.6 Å². The first-order valence-electron chi connectivity index (χ1n) is 4.76. The highest BCUT2D eigenvalue weighted by Crippen LogP contribution is 2.26. The van der Waals surface area contributed by atoms with Crippen molar-refractivity contribution in [1.82, 2.24) is 0 Å². The van der Waals surface area contributed by atoms with Crippen molar-refractivity contribution in [3.63, 3.8) is 0 Å². The number of ether oxygens (including phenoxy) is 1. The minimum atomic E-state index is -0.890. The number of halogens is 1. The van der Waals surface area contributed by atoms with Crippen LogP contribution in [0.1, 0.15) is 17.2 Å². The van der Waals surface area contributed by atoms with Crippen LogP contribution in [0, 0.1) is 5.82 Å². The maximum absolute atomic E-state index is 13.4. The van der Waals surface area contributed by atoms with Gasteiger partial charge in [0.25, 0.3) is 0 Å². The number of furan rings is 1. The maximum atomic E-state index is 13.4. The van der Waals surface area contributed by atoms with Crippen molar-refractivity contribution in [3.8, 4) is 5.75 Å². The fourth-order valence-corrected chi connectivity index (χ4v) is 1.48. The summed E-state index contributed by atoms with van der Waals surface area (Å²) in [5, 5.41) is 9.90. The molecule has 0 saturated carbocycles. The second-order valence-corrected chi connectivity index (χ2v) is 3.35. The number of aliphatic hydroxyl groups is 1. The number of aliphatic hydroxyl groups excluding tert-OH is 1. The van der Waals surface area contributed by atoms with E-state index in [9.17, 15) is 9.50 Å². The lowest BCUT2D eigenvalue weighted by molar-refractivity contribution is 0.218. The molecule has 3 nitrogen and oxygen atoms in total. The summed E-state index contributed by atoms with van der Waals surface area (Å²) in [6, 6.07) is 5.97. The molecule has 0 bridgehead atoms. The minimum Gasteiger partial charge on any atom is -0.494 e. The molecule has 1 N–H and O–H groups in total. The van der Waals surface area contributed by atoms with E-state index in [4.69, 9.17) is 9.15 Å². The van der Waals surface area contributed by atoms with Crippen molar-refractivity contribution in [2.45, 2.75) is 6.10 Å². The van der Waals surface area contributed by atoms with Crippen molar-refractivity contribution in [1.29, 1.82) is 0 Å². The van der Waals surface area contributed by atoms with E-state index in [1.54, 1.807) is 12.1 Å². The number of benzene rings is 1. The van der Waals surface area contributed by atoms with Gasteiger partial charge in [-0.1, -0.05) is 6.07 Å². The Bertz CT molecular complexity index is 465. The van der Waals surface area contributed by atoms with E-state index < -0.39 is 11.9 Å². The van der Waals surface area contributed by atoms with Crippen LogP contribution in [-0.4, -0.2) is 12.2 Å². The van der Waals surface area contributed by atoms with Gasteiger partial charge >= 0.3 is 0 Å². The van der Waals surface area contributed by atoms with Gasteiger partial charge in [-0.15, -0.1) is 0 Å². The molecular formula is C12H11FO3. The minimum absolute atomic E-state index is 0.156. The summed E-state index contributed by atoms with van der Waals surface area (Å²) in [6.45, 7) is 0. The first-order valence-corrected chi connectivity index (χ1v) is 4.76. The van der Waals surface area contributed by atoms with E-state index in [2.05, 4.69) is 0 Å². The highest BCUT2D eigenvalue weighted by Gasteiger charge is 2.13. The summed E-state index contributed by atoms with van der Waals surface area (Å²) in [5.41, 5.74) is 1.05. The summed E-state index contributed by atoms with van der Waals surface area (Å²) in [7, 11) is 1.39. The Hall–Kier alpha value is -1.81. The topological polar surface area (TPSA) is 42.6 Å². The summed E-state index contributed by atoms with van der Waals surface area (Å²) in [5.74, 6) is -0.342. The lowest BCUT2D eigenvalue weighted by Gasteiger charge is -2.10. The first-order chi connectivity index (χ1) is 7.72. The van der Waals surface area contributed by atoms with Crippen LogP contribution < -0.4 is 4.74 Å². The average Bonchev–Trinajstić information content (AvgIpc) is 2.81. The third-order valence-corrected chi connectivity index (χ3v) is 2.35. The zero-order valence-corrected chi connectivity index (χ0v) is 8.68. The fraction of sp³-hybridized carbons (Fsp3) is 0.167. The Morgan fingerprint density at radius 1 is 1.31 bits per heavy atom. The van der Waals surface area contributed by atoms with Gasteiger partial charge in [0, 0.05) is 5.56 Å². The van der Waals surface area contributed by atoms with Crippen molar-refractivity contribution >= 4 is 0 Å². The van der Waals surface area contributed by atoms with Gasteiger partial charge in [0.05, 0.1) is 19.6 Å². The Morgan fingerprint density at radius 2 is 2.12 bits per heavy atom. The van der Waals surface area contributed by atoms with Crippen LogP contribution in [0.4, 0.5) is 4.39 Å². The van der Waals surface area contributed by atoms with E-state index in [0.29, 0.717) is 11.1 Å². The predicted molar refractivity (Wildman–Crippen MR) is 55.7 cm³/mol. The highest BCUT2D eigenvalue weighted by atomic mass is 19.1. The van der Waals surface area contributed by atoms with Crippen LogP contribution in [0.2, 0.25) is 0 Å². The van der Waals surface area contributed by atoms with Crippen LogP contribution in [0.5, 0.6) is 5.75 Å². The van der Waals surface area contributed by atoms with Gasteiger partial charge in [0.1, 0.15) is 6.10 Å². The van der Waals surface area contributed by atoms with E-state index in [1.165, 1.54) is 31.8 Å². The van der Waals surface area contributed by atoms with Gasteiger partial charge in [-0.3, -0.25) is 0 Å². The number of methoxy groups -OCH3 is 1. The van der Waals surface area contributed by atoms with E-state index in [0.717, 1.165) is 0 Å². The SMILES string of the molecule is COc1ccc([C@H](O)c2ccoc2)cc1F. The van der Waals surface area contributed by atoms with Crippen LogP contribution in [0.25, 0.3) is 0 Å². The van der Waals surface area contributed by atoms with Gasteiger partial charge in [0.2, 0.25) is 0 Å². The second-order valence-electron chi connectivity index (χ2n) is 3.35. The molecule has 0 aliphatic heterocycles. The smallest absolute Gasteiger partial charge is 0.165 e. The van der Waals surface area contributed by atoms with E-state index >= 15 is 0 Å². The van der Waals surface area contributed by atoms with Gasteiger partial charge < -0.3 is 14.3 Å². The summed E-state index contributed by atoms with van der Waals surface area (Å²) < 4.78 is 23.0.